The average molecular weight is 971 g/mol. The molecule has 68 heavy (non-hydrogen) atoms. The van der Waals surface area contributed by atoms with Crippen LogP contribution in [0, 0.1) is 56.7 Å². The molecule has 27 atom stereocenters. The minimum atomic E-state index is -1.87. The number of aldehydes is 1. The number of allylic oxidation sites excluding steroid dienone is 2. The first-order valence-electron chi connectivity index (χ1n) is 24.9. The van der Waals surface area contributed by atoms with Gasteiger partial charge in [-0.3, -0.25) is 4.79 Å². The normalized spacial score (nSPS) is 55.9. The van der Waals surface area contributed by atoms with Crippen molar-refractivity contribution in [3.05, 3.63) is 11.6 Å². The van der Waals surface area contributed by atoms with E-state index < -0.39 is 134 Å². The Morgan fingerprint density at radius 2 is 1.38 bits per heavy atom. The van der Waals surface area contributed by atoms with Crippen molar-refractivity contribution < 1.29 is 94.2 Å². The molecule has 0 bridgehead atoms. The van der Waals surface area contributed by atoms with Gasteiger partial charge in [0.25, 0.3) is 0 Å². The Kier molecular flexibility index (Phi) is 14.6. The third-order valence-corrected chi connectivity index (χ3v) is 19.9. The van der Waals surface area contributed by atoms with E-state index in [0.717, 1.165) is 25.5 Å². The zero-order chi connectivity index (χ0) is 49.8. The van der Waals surface area contributed by atoms with Crippen LogP contribution in [-0.4, -0.2) is 186 Å². The molecule has 8 rings (SSSR count). The van der Waals surface area contributed by atoms with Crippen LogP contribution in [0.2, 0.25) is 0 Å². The molecule has 5 aliphatic carbocycles. The molecule has 4 saturated carbocycles. The lowest BCUT2D eigenvalue weighted by Crippen LogP contribution is -2.68. The highest BCUT2D eigenvalue weighted by molar-refractivity contribution is 5.79. The third-order valence-electron chi connectivity index (χ3n) is 19.9. The van der Waals surface area contributed by atoms with Crippen LogP contribution >= 0.6 is 0 Å². The maximum atomic E-state index is 15.0. The molecular formula is C49H78O19. The summed E-state index contributed by atoms with van der Waals surface area (Å²) in [7, 11) is 0. The summed E-state index contributed by atoms with van der Waals surface area (Å²) in [6, 6.07) is 0. The van der Waals surface area contributed by atoms with Gasteiger partial charge in [-0.15, -0.1) is 0 Å². The van der Waals surface area contributed by atoms with E-state index in [1.165, 1.54) is 12.5 Å². The Morgan fingerprint density at radius 3 is 2.06 bits per heavy atom. The Hall–Kier alpha value is -1.76. The van der Waals surface area contributed by atoms with E-state index in [0.29, 0.717) is 32.1 Å². The van der Waals surface area contributed by atoms with Crippen LogP contribution in [0.4, 0.5) is 0 Å². The monoisotopic (exact) mass is 971 g/mol. The molecule has 19 nitrogen and oxygen atoms in total. The first-order valence-corrected chi connectivity index (χ1v) is 24.9. The number of aliphatic hydroxyl groups is 11. The average Bonchev–Trinajstić information content (AvgIpc) is 3.29. The van der Waals surface area contributed by atoms with E-state index in [1.807, 2.05) is 6.92 Å². The van der Waals surface area contributed by atoms with E-state index in [1.54, 1.807) is 0 Å². The maximum Gasteiger partial charge on any atom is 0.315 e. The van der Waals surface area contributed by atoms with E-state index >= 15 is 4.79 Å². The standard InChI is InChI=1S/C49H78O19/c1-21-10-13-49(15-14-47(6)24(30(49)22(21)2)8-9-29-46(5)18-25(52)40(61)45(4,16-17-50)28(46)11-12-48(29,47)7)44(62)68-43-37(59)34(56)32(54)27(66-43)20-63-41-38(60)35(57)39(26(19-51)65-41)67-42-36(58)33(55)31(53)23(3)64-42/h8,17,21-23,25-43,51-61H,9-16,18-20H2,1-7H3/t21-,22+,23+,25-,26-,27-,28+,29-,30+,31+,32-,33-,34+,35-,36-,37-,38-,39-,40+,41-,42+,43+,45+,46+,47-,48-,49+/m1/s1. The van der Waals surface area contributed by atoms with Crippen LogP contribution in [-0.2, 0) is 38.0 Å². The SMILES string of the molecule is C[C@H]1[C@H](C)CC[C@]2(C(=O)O[C@@H]3O[C@H](CO[C@@H]4O[C@H](CO)[C@@H](O[C@@H]5O[C@@H](C)[C@H](O)[C@@H](O)[C@H]5O)[C@H](O)[C@H]4O)[C@@H](O)[C@H](O)[C@H]3O)CC[C@]3(C)C(=CC[C@@H]4[C@@]5(C)C[C@@H](O)[C@H](O)[C@@](C)(CC=O)[C@@H]5CC[C@]43C)[C@H]12. The summed E-state index contributed by atoms with van der Waals surface area (Å²) >= 11 is 0. The fourth-order valence-electron chi connectivity index (χ4n) is 15.4. The van der Waals surface area contributed by atoms with Gasteiger partial charge in [0.05, 0.1) is 36.9 Å². The van der Waals surface area contributed by atoms with E-state index in [-0.39, 0.29) is 52.3 Å². The zero-order valence-corrected chi connectivity index (χ0v) is 40.3. The van der Waals surface area contributed by atoms with Gasteiger partial charge in [0, 0.05) is 11.8 Å². The third kappa shape index (κ3) is 8.00. The molecule has 0 aromatic heterocycles. The van der Waals surface area contributed by atoms with Crippen LogP contribution in [0.1, 0.15) is 106 Å². The van der Waals surface area contributed by atoms with Gasteiger partial charge in [0.2, 0.25) is 6.29 Å². The Morgan fingerprint density at radius 1 is 0.735 bits per heavy atom. The number of carbonyl (C=O) groups excluding carboxylic acids is 2. The topological polar surface area (TPSA) is 312 Å². The van der Waals surface area contributed by atoms with Crippen molar-refractivity contribution in [2.45, 2.75) is 211 Å². The Bertz CT molecular complexity index is 1870. The summed E-state index contributed by atoms with van der Waals surface area (Å²) in [6.45, 7) is 13.3. The Labute approximate surface area is 397 Å². The lowest BCUT2D eigenvalue weighted by Gasteiger charge is -2.71. The largest absolute Gasteiger partial charge is 0.432 e. The van der Waals surface area contributed by atoms with Crippen molar-refractivity contribution in [1.29, 1.82) is 0 Å². The molecule has 0 spiro atoms. The molecule has 11 N–H and O–H groups in total. The molecule has 0 unspecified atom stereocenters. The summed E-state index contributed by atoms with van der Waals surface area (Å²) in [5.41, 5.74) is -1.58. The molecule has 0 radical (unpaired) electrons. The van der Waals surface area contributed by atoms with E-state index in [2.05, 4.69) is 40.7 Å². The highest BCUT2D eigenvalue weighted by atomic mass is 16.8. The van der Waals surface area contributed by atoms with E-state index in [4.69, 9.17) is 28.4 Å². The summed E-state index contributed by atoms with van der Waals surface area (Å²) < 4.78 is 34.7. The smallest absolute Gasteiger partial charge is 0.315 e. The predicted octanol–water partition coefficient (Wildman–Crippen LogP) is -0.436. The van der Waals surface area contributed by atoms with Gasteiger partial charge in [-0.25, -0.2) is 0 Å². The Balaban J connectivity index is 0.987. The highest BCUT2D eigenvalue weighted by Gasteiger charge is 2.71. The maximum absolute atomic E-state index is 15.0. The molecule has 7 fully saturated rings. The molecule has 19 heteroatoms. The predicted molar refractivity (Wildman–Crippen MR) is 235 cm³/mol. The van der Waals surface area contributed by atoms with Crippen molar-refractivity contribution in [3.8, 4) is 0 Å². The van der Waals surface area contributed by atoms with Crippen LogP contribution in [0.3, 0.4) is 0 Å². The summed E-state index contributed by atoms with van der Waals surface area (Å²) in [4.78, 5) is 27.1. The van der Waals surface area contributed by atoms with Crippen LogP contribution in [0.25, 0.3) is 0 Å². The molecule has 388 valence electrons. The number of hydrogen-bond donors (Lipinski definition) is 11. The second-order valence-corrected chi connectivity index (χ2v) is 23.1. The first-order chi connectivity index (χ1) is 31.9. The summed E-state index contributed by atoms with van der Waals surface area (Å²) in [6.07, 6.45) is -17.9. The number of fused-ring (bicyclic) bond motifs is 7. The molecular weight excluding hydrogens is 893 g/mol. The van der Waals surface area contributed by atoms with Gasteiger partial charge in [-0.05, 0) is 104 Å². The minimum absolute atomic E-state index is 0.0121. The number of aliphatic hydroxyl groups excluding tert-OH is 11. The van der Waals surface area contributed by atoms with Crippen molar-refractivity contribution >= 4 is 12.3 Å². The first kappa shape index (κ1) is 52.6. The number of carbonyl (C=O) groups is 2. The lowest BCUT2D eigenvalue weighted by atomic mass is 9.33. The fraction of sp³-hybridized carbons (Fsp3) is 0.918. The van der Waals surface area contributed by atoms with Crippen molar-refractivity contribution in [3.63, 3.8) is 0 Å². The summed E-state index contributed by atoms with van der Waals surface area (Å²) in [5, 5.41) is 119. The number of hydrogen-bond acceptors (Lipinski definition) is 19. The second-order valence-electron chi connectivity index (χ2n) is 23.1. The second kappa shape index (κ2) is 18.9. The molecule has 0 amide bonds. The van der Waals surface area contributed by atoms with Gasteiger partial charge in [0.1, 0.15) is 73.4 Å². The molecule has 3 saturated heterocycles. The molecule has 3 heterocycles. The van der Waals surface area contributed by atoms with E-state index in [9.17, 15) is 61.0 Å². The van der Waals surface area contributed by atoms with Gasteiger partial charge in [-0.1, -0.05) is 53.2 Å². The van der Waals surface area contributed by atoms with Crippen LogP contribution in [0.5, 0.6) is 0 Å². The van der Waals surface area contributed by atoms with Crippen LogP contribution < -0.4 is 0 Å². The van der Waals surface area contributed by atoms with Gasteiger partial charge >= 0.3 is 5.97 Å². The van der Waals surface area contributed by atoms with Crippen molar-refractivity contribution in [1.82, 2.24) is 0 Å². The quantitative estimate of drug-likeness (QED) is 0.0752. The summed E-state index contributed by atoms with van der Waals surface area (Å²) in [5.74, 6) is -0.390. The zero-order valence-electron chi connectivity index (χ0n) is 40.3. The van der Waals surface area contributed by atoms with Gasteiger partial charge in [-0.2, -0.15) is 0 Å². The molecule has 3 aliphatic heterocycles. The van der Waals surface area contributed by atoms with Crippen molar-refractivity contribution in [2.75, 3.05) is 13.2 Å². The van der Waals surface area contributed by atoms with Crippen molar-refractivity contribution in [2.24, 2.45) is 56.7 Å². The lowest BCUT2D eigenvalue weighted by molar-refractivity contribution is -0.361. The molecule has 0 aromatic carbocycles. The number of rotatable bonds is 10. The number of ether oxygens (including phenoxy) is 6. The minimum Gasteiger partial charge on any atom is -0.432 e. The number of esters is 1. The van der Waals surface area contributed by atoms with Gasteiger partial charge in [0.15, 0.2) is 12.6 Å². The molecule has 0 aromatic rings. The molecule has 8 aliphatic rings. The highest BCUT2D eigenvalue weighted by Crippen LogP contribution is 2.76. The van der Waals surface area contributed by atoms with Crippen LogP contribution in [0.15, 0.2) is 11.6 Å². The fourth-order valence-corrected chi connectivity index (χ4v) is 15.4. The van der Waals surface area contributed by atoms with Gasteiger partial charge < -0.3 is 89.4 Å².